The summed E-state index contributed by atoms with van der Waals surface area (Å²) in [6, 6.07) is 0. The molecule has 1 N–H and O–H groups in total. The number of nitrogens with one attached hydrogen (secondary N) is 1. The van der Waals surface area contributed by atoms with Gasteiger partial charge in [-0.2, -0.15) is 0 Å². The smallest absolute Gasteiger partial charge is 0.243 e. The molecular weight excluding hydrogens is 184 g/mol. The molecule has 0 fully saturated rings. The standard InChI is InChI=1S/C6H9ClN2OS/c1-4(7)5(10)9-6-8-2-3-11-6/h4H,2-3H2,1H3,(H,8,9,10). The first kappa shape index (κ1) is 8.87. The van der Waals surface area contributed by atoms with E-state index in [0.29, 0.717) is 5.17 Å². The third-order valence-electron chi connectivity index (χ3n) is 1.18. The van der Waals surface area contributed by atoms with Crippen molar-refractivity contribution < 1.29 is 4.79 Å². The zero-order valence-electron chi connectivity index (χ0n) is 6.13. The van der Waals surface area contributed by atoms with Gasteiger partial charge in [-0.15, -0.1) is 11.6 Å². The van der Waals surface area contributed by atoms with Crippen molar-refractivity contribution in [2.75, 3.05) is 12.3 Å². The highest BCUT2D eigenvalue weighted by Crippen LogP contribution is 2.09. The van der Waals surface area contributed by atoms with Gasteiger partial charge in [0.15, 0.2) is 5.17 Å². The summed E-state index contributed by atoms with van der Waals surface area (Å²) in [5.74, 6) is 0.770. The lowest BCUT2D eigenvalue weighted by atomic mass is 10.4. The number of rotatable bonds is 1. The summed E-state index contributed by atoms with van der Waals surface area (Å²) in [6.45, 7) is 2.42. The third-order valence-corrected chi connectivity index (χ3v) is 2.27. The van der Waals surface area contributed by atoms with E-state index in [1.165, 1.54) is 0 Å². The summed E-state index contributed by atoms with van der Waals surface area (Å²) < 4.78 is 0. The van der Waals surface area contributed by atoms with Crippen LogP contribution in [-0.4, -0.2) is 28.7 Å². The fourth-order valence-corrected chi connectivity index (χ4v) is 1.40. The molecule has 1 amide bonds. The second-order valence-electron chi connectivity index (χ2n) is 2.14. The van der Waals surface area contributed by atoms with Gasteiger partial charge in [-0.3, -0.25) is 9.79 Å². The Morgan fingerprint density at radius 3 is 3.09 bits per heavy atom. The first-order valence-electron chi connectivity index (χ1n) is 3.32. The molecule has 1 aliphatic heterocycles. The second-order valence-corrected chi connectivity index (χ2v) is 3.88. The summed E-state index contributed by atoms with van der Waals surface area (Å²) in [5, 5.41) is 2.83. The van der Waals surface area contributed by atoms with Gasteiger partial charge in [0.1, 0.15) is 5.38 Å². The lowest BCUT2D eigenvalue weighted by Gasteiger charge is -2.03. The van der Waals surface area contributed by atoms with E-state index in [0.717, 1.165) is 12.3 Å². The van der Waals surface area contributed by atoms with Gasteiger partial charge in [0.25, 0.3) is 0 Å². The van der Waals surface area contributed by atoms with Crippen molar-refractivity contribution in [2.45, 2.75) is 12.3 Å². The first-order chi connectivity index (χ1) is 5.20. The minimum absolute atomic E-state index is 0.181. The Hall–Kier alpha value is -0.220. The van der Waals surface area contributed by atoms with Crippen LogP contribution in [0, 0.1) is 0 Å². The first-order valence-corrected chi connectivity index (χ1v) is 4.74. The maximum Gasteiger partial charge on any atom is 0.243 e. The quantitative estimate of drug-likeness (QED) is 0.626. The minimum Gasteiger partial charge on any atom is -0.304 e. The van der Waals surface area contributed by atoms with Crippen LogP contribution in [0.4, 0.5) is 0 Å². The molecule has 0 saturated carbocycles. The normalized spacial score (nSPS) is 19.3. The predicted octanol–water partition coefficient (Wildman–Crippen LogP) is 0.833. The highest BCUT2D eigenvalue weighted by molar-refractivity contribution is 8.14. The number of carbonyl (C=O) groups is 1. The second kappa shape index (κ2) is 3.97. The number of hydrogen-bond donors (Lipinski definition) is 1. The number of nitrogens with zero attached hydrogens (tertiary/aromatic N) is 1. The minimum atomic E-state index is -0.487. The van der Waals surface area contributed by atoms with Crippen molar-refractivity contribution in [2.24, 2.45) is 4.99 Å². The van der Waals surface area contributed by atoms with Crippen LogP contribution >= 0.6 is 23.4 Å². The molecule has 1 aliphatic rings. The Kier molecular flexibility index (Phi) is 3.20. The Balaban J connectivity index is 2.35. The molecule has 0 saturated heterocycles. The molecule has 5 heteroatoms. The number of carbonyl (C=O) groups excluding carboxylic acids is 1. The number of thioether (sulfide) groups is 1. The Labute approximate surface area is 74.6 Å². The average Bonchev–Trinajstić information content (AvgIpc) is 2.39. The summed E-state index contributed by atoms with van der Waals surface area (Å²) in [5.41, 5.74) is 0. The molecule has 11 heavy (non-hydrogen) atoms. The highest BCUT2D eigenvalue weighted by Gasteiger charge is 2.13. The largest absolute Gasteiger partial charge is 0.304 e. The van der Waals surface area contributed by atoms with Crippen molar-refractivity contribution in [1.29, 1.82) is 0 Å². The lowest BCUT2D eigenvalue weighted by Crippen LogP contribution is -2.32. The molecule has 1 heterocycles. The molecular formula is C6H9ClN2OS. The van der Waals surface area contributed by atoms with E-state index >= 15 is 0 Å². The SMILES string of the molecule is CC(Cl)C(=O)NC1=NCCS1. The van der Waals surface area contributed by atoms with Crippen LogP contribution < -0.4 is 5.32 Å². The Morgan fingerprint density at radius 1 is 1.91 bits per heavy atom. The molecule has 0 bridgehead atoms. The van der Waals surface area contributed by atoms with E-state index in [4.69, 9.17) is 11.6 Å². The van der Waals surface area contributed by atoms with Gasteiger partial charge in [0.05, 0.1) is 6.54 Å². The highest BCUT2D eigenvalue weighted by atomic mass is 35.5. The fourth-order valence-electron chi connectivity index (χ4n) is 0.616. The number of aliphatic imine (C=N–C) groups is 1. The molecule has 1 atom stereocenters. The molecule has 1 unspecified atom stereocenters. The molecule has 0 spiro atoms. The summed E-state index contributed by atoms with van der Waals surface area (Å²) in [7, 11) is 0. The summed E-state index contributed by atoms with van der Waals surface area (Å²) in [4.78, 5) is 15.0. The van der Waals surface area contributed by atoms with Gasteiger partial charge >= 0.3 is 0 Å². The molecule has 1 rings (SSSR count). The van der Waals surface area contributed by atoms with Gasteiger partial charge < -0.3 is 5.32 Å². The van der Waals surface area contributed by atoms with Crippen molar-refractivity contribution in [1.82, 2.24) is 5.32 Å². The average molecular weight is 193 g/mol. The van der Waals surface area contributed by atoms with Gasteiger partial charge in [0.2, 0.25) is 5.91 Å². The molecule has 62 valence electrons. The van der Waals surface area contributed by atoms with Crippen molar-refractivity contribution in [3.8, 4) is 0 Å². The molecule has 0 aromatic carbocycles. The monoisotopic (exact) mass is 192 g/mol. The Morgan fingerprint density at radius 2 is 2.64 bits per heavy atom. The van der Waals surface area contributed by atoms with Crippen molar-refractivity contribution >= 4 is 34.4 Å². The Bertz CT molecular complexity index is 193. The molecule has 0 aromatic heterocycles. The number of halogens is 1. The zero-order chi connectivity index (χ0) is 8.27. The van der Waals surface area contributed by atoms with E-state index < -0.39 is 5.38 Å². The molecule has 0 radical (unpaired) electrons. The van der Waals surface area contributed by atoms with Gasteiger partial charge in [0, 0.05) is 5.75 Å². The number of hydrogen-bond acceptors (Lipinski definition) is 3. The van der Waals surface area contributed by atoms with Crippen LogP contribution in [-0.2, 0) is 4.79 Å². The van der Waals surface area contributed by atoms with Gasteiger partial charge in [-0.05, 0) is 6.92 Å². The van der Waals surface area contributed by atoms with Crippen LogP contribution in [0.1, 0.15) is 6.92 Å². The molecule has 0 aromatic rings. The van der Waals surface area contributed by atoms with Crippen LogP contribution in [0.15, 0.2) is 4.99 Å². The van der Waals surface area contributed by atoms with Gasteiger partial charge in [-0.25, -0.2) is 0 Å². The number of alkyl halides is 1. The summed E-state index contributed by atoms with van der Waals surface area (Å²) in [6.07, 6.45) is 0. The van der Waals surface area contributed by atoms with Crippen molar-refractivity contribution in [3.05, 3.63) is 0 Å². The van der Waals surface area contributed by atoms with E-state index in [1.807, 2.05) is 0 Å². The van der Waals surface area contributed by atoms with E-state index in [2.05, 4.69) is 10.3 Å². The van der Waals surface area contributed by atoms with E-state index in [9.17, 15) is 4.79 Å². The number of amidine groups is 1. The topological polar surface area (TPSA) is 41.5 Å². The molecule has 3 nitrogen and oxygen atoms in total. The van der Waals surface area contributed by atoms with E-state index in [1.54, 1.807) is 18.7 Å². The van der Waals surface area contributed by atoms with Crippen LogP contribution in [0.25, 0.3) is 0 Å². The third kappa shape index (κ3) is 2.71. The van der Waals surface area contributed by atoms with Gasteiger partial charge in [-0.1, -0.05) is 11.8 Å². The maximum absolute atomic E-state index is 11.0. The number of amides is 1. The van der Waals surface area contributed by atoms with Crippen LogP contribution in [0.2, 0.25) is 0 Å². The summed E-state index contributed by atoms with van der Waals surface area (Å²) >= 11 is 7.08. The van der Waals surface area contributed by atoms with Crippen LogP contribution in [0.5, 0.6) is 0 Å². The zero-order valence-corrected chi connectivity index (χ0v) is 7.71. The molecule has 0 aliphatic carbocycles. The van der Waals surface area contributed by atoms with E-state index in [-0.39, 0.29) is 5.91 Å². The lowest BCUT2D eigenvalue weighted by molar-refractivity contribution is -0.119. The fraction of sp³-hybridized carbons (Fsp3) is 0.667. The van der Waals surface area contributed by atoms with Crippen molar-refractivity contribution in [3.63, 3.8) is 0 Å². The van der Waals surface area contributed by atoms with Crippen LogP contribution in [0.3, 0.4) is 0 Å². The predicted molar refractivity (Wildman–Crippen MR) is 48.2 cm³/mol. The maximum atomic E-state index is 11.0.